The Morgan fingerprint density at radius 1 is 0.738 bits per heavy atom. The summed E-state index contributed by atoms with van der Waals surface area (Å²) in [6.07, 6.45) is -5.64. The number of alkyl halides is 3. The van der Waals surface area contributed by atoms with Gasteiger partial charge < -0.3 is 14.0 Å². The molecule has 9 aromatic rings. The Morgan fingerprint density at radius 2 is 1.43 bits per heavy atom. The van der Waals surface area contributed by atoms with Gasteiger partial charge in [-0.1, -0.05) is 131 Å². The molecule has 0 fully saturated rings. The Hall–Kier alpha value is -5.82. The zero-order valence-corrected chi connectivity index (χ0v) is 37.0. The molecule has 0 aliphatic carbocycles. The van der Waals surface area contributed by atoms with Crippen LogP contribution in [0.25, 0.3) is 72.4 Å². The number of hydrogen-bond donors (Lipinski definition) is 0. The molecule has 4 nitrogen and oxygen atoms in total. The maximum atomic E-state index is 13.5. The first-order valence-electron chi connectivity index (χ1n) is 21.7. The van der Waals surface area contributed by atoms with Crippen LogP contribution >= 0.6 is 0 Å². The summed E-state index contributed by atoms with van der Waals surface area (Å²) in [5, 5.41) is 1.96. The summed E-state index contributed by atoms with van der Waals surface area (Å²) >= 11 is 0. The van der Waals surface area contributed by atoms with Gasteiger partial charge >= 0.3 is 6.18 Å². The molecule has 0 aliphatic rings. The number of halogens is 3. The molecule has 0 aliphatic heterocycles. The smallest absolute Gasteiger partial charge is 0.394 e. The summed E-state index contributed by atoms with van der Waals surface area (Å²) in [5.41, 5.74) is 7.08. The Morgan fingerprint density at radius 3 is 2.11 bits per heavy atom. The summed E-state index contributed by atoms with van der Waals surface area (Å²) in [6, 6.07) is 49.5. The first kappa shape index (κ1) is 38.1. The summed E-state index contributed by atoms with van der Waals surface area (Å²) < 4.78 is 82.6. The van der Waals surface area contributed by atoms with Crippen LogP contribution in [0.1, 0.15) is 75.5 Å². The third kappa shape index (κ3) is 8.70. The van der Waals surface area contributed by atoms with Gasteiger partial charge in [0.1, 0.15) is 5.58 Å². The summed E-state index contributed by atoms with van der Waals surface area (Å²) in [4.78, 5) is 9.41. The van der Waals surface area contributed by atoms with Crippen molar-refractivity contribution in [3.05, 3.63) is 175 Å². The Balaban J connectivity index is 0.000000194. The van der Waals surface area contributed by atoms with E-state index in [9.17, 15) is 13.2 Å². The monoisotopic (exact) mass is 994 g/mol. The van der Waals surface area contributed by atoms with E-state index >= 15 is 0 Å². The molecule has 0 unspecified atom stereocenters. The minimum absolute atomic E-state index is 0. The van der Waals surface area contributed by atoms with E-state index in [4.69, 9.17) is 14.9 Å². The van der Waals surface area contributed by atoms with Crippen LogP contribution in [-0.4, -0.2) is 20.7 Å². The Kier molecular flexibility index (Phi) is 11.0. The molecule has 0 spiro atoms. The molecule has 0 bridgehead atoms. The molecular weight excluding hydrogens is 944 g/mol. The molecule has 61 heavy (non-hydrogen) atoms. The van der Waals surface area contributed by atoms with E-state index in [0.29, 0.717) is 16.8 Å². The number of nitrogens with zero attached hydrogens (tertiary/aromatic N) is 3. The van der Waals surface area contributed by atoms with Crippen molar-refractivity contribution < 1.29 is 43.2 Å². The van der Waals surface area contributed by atoms with Gasteiger partial charge in [-0.2, -0.15) is 13.2 Å². The molecular formula is C53H46F3IrN3O-2. The van der Waals surface area contributed by atoms with Crippen LogP contribution in [0.2, 0.25) is 0 Å². The molecule has 3 heterocycles. The predicted octanol–water partition coefficient (Wildman–Crippen LogP) is 15.0. The normalized spacial score (nSPS) is 13.5. The minimum atomic E-state index is -4.69. The first-order chi connectivity index (χ1) is 30.2. The summed E-state index contributed by atoms with van der Waals surface area (Å²) in [7, 11) is 0. The quantitative estimate of drug-likeness (QED) is 0.143. The number of para-hydroxylation sites is 4. The second-order valence-electron chi connectivity index (χ2n) is 15.7. The number of rotatable bonds is 8. The Labute approximate surface area is 374 Å². The van der Waals surface area contributed by atoms with Crippen LogP contribution in [0.5, 0.6) is 0 Å². The topological polar surface area (TPSA) is 43.9 Å². The van der Waals surface area contributed by atoms with E-state index in [2.05, 4.69) is 21.7 Å². The summed E-state index contributed by atoms with van der Waals surface area (Å²) in [6.45, 7) is 9.32. The number of furan rings is 1. The van der Waals surface area contributed by atoms with Gasteiger partial charge in [0, 0.05) is 42.9 Å². The number of imidazole rings is 1. The molecule has 6 aromatic carbocycles. The van der Waals surface area contributed by atoms with Crippen LogP contribution in [-0.2, 0) is 26.5 Å². The van der Waals surface area contributed by atoms with E-state index in [1.165, 1.54) is 12.1 Å². The van der Waals surface area contributed by atoms with Crippen LogP contribution in [0.15, 0.2) is 150 Å². The molecule has 311 valence electrons. The zero-order chi connectivity index (χ0) is 45.8. The maximum Gasteiger partial charge on any atom is 0.394 e. The molecule has 0 atom stereocenters. The molecule has 0 saturated heterocycles. The molecule has 3 aromatic heterocycles. The average molecular weight is 994 g/mol. The average Bonchev–Trinajstić information content (AvgIpc) is 3.85. The largest absolute Gasteiger partial charge is 0.501 e. The van der Waals surface area contributed by atoms with Crippen molar-refractivity contribution in [2.24, 2.45) is 5.41 Å². The number of fused-ring (bicyclic) bond motifs is 4. The SMILES string of the molecule is [2H]C(C)(C)c1cccc(C([2H])(C)C)c1-n1c(-c2[c-]cccc2)nc2ccccc21.[2H]C([2H])(c1ccc(-c2ccnc(-c3[c-]ccc4c3oc3ccccc34)c2)cc1)C(C)(C)C(F)(F)F.[Ir]. The van der Waals surface area contributed by atoms with E-state index in [1.54, 1.807) is 24.4 Å². The molecule has 1 radical (unpaired) electrons. The standard InChI is InChI=1S/C28H21F3NO.C25H25N2.Ir/c1-27(2,28(29,30)31)17-18-10-12-19(13-11-18)20-14-15-32-24(16-20)23-8-5-7-22-21-6-3-4-9-25(21)33-26(22)23;1-17(2)20-13-10-14-21(18(3)4)24(20)27-23-16-9-8-15-22(23)26-25(27)19-11-6-5-7-12-19;/h3-7,9-16H,17H2,1-2H3;5-11,13-18H,1-4H3;/q2*-1;/i17D2;17D,18D;. The van der Waals surface area contributed by atoms with Crippen LogP contribution < -0.4 is 0 Å². The zero-order valence-electron chi connectivity index (χ0n) is 38.6. The fourth-order valence-electron chi connectivity index (χ4n) is 7.36. The first-order valence-corrected chi connectivity index (χ1v) is 19.7. The van der Waals surface area contributed by atoms with Gasteiger partial charge in [-0.25, -0.2) is 0 Å². The molecule has 8 heteroatoms. The van der Waals surface area contributed by atoms with Gasteiger partial charge in [-0.05, 0) is 75.9 Å². The maximum absolute atomic E-state index is 13.5. The minimum Gasteiger partial charge on any atom is -0.501 e. The van der Waals surface area contributed by atoms with Gasteiger partial charge in [0.25, 0.3) is 0 Å². The van der Waals surface area contributed by atoms with Gasteiger partial charge in [0.2, 0.25) is 0 Å². The van der Waals surface area contributed by atoms with Crippen LogP contribution in [0.4, 0.5) is 13.2 Å². The molecule has 9 rings (SSSR count). The van der Waals surface area contributed by atoms with E-state index in [0.717, 1.165) is 80.6 Å². The van der Waals surface area contributed by atoms with E-state index in [-0.39, 0.29) is 25.7 Å². The van der Waals surface area contributed by atoms with Gasteiger partial charge in [-0.3, -0.25) is 4.98 Å². The van der Waals surface area contributed by atoms with E-state index < -0.39 is 29.8 Å². The van der Waals surface area contributed by atoms with Crippen LogP contribution in [0, 0.1) is 17.5 Å². The predicted molar refractivity (Wildman–Crippen MR) is 238 cm³/mol. The van der Waals surface area contributed by atoms with Crippen molar-refractivity contribution in [3.63, 3.8) is 0 Å². The Bertz CT molecular complexity index is 3100. The summed E-state index contributed by atoms with van der Waals surface area (Å²) in [5.74, 6) is -0.895. The van der Waals surface area contributed by atoms with Crippen LogP contribution in [0.3, 0.4) is 0 Å². The number of aromatic nitrogens is 3. The van der Waals surface area contributed by atoms with Crippen molar-refractivity contribution in [1.29, 1.82) is 0 Å². The fourth-order valence-corrected chi connectivity index (χ4v) is 7.36. The fraction of sp³-hybridized carbons (Fsp3) is 0.208. The van der Waals surface area contributed by atoms with Crippen molar-refractivity contribution in [2.75, 3.05) is 0 Å². The molecule has 0 saturated carbocycles. The van der Waals surface area contributed by atoms with Gasteiger partial charge in [0.05, 0.1) is 27.9 Å². The van der Waals surface area contributed by atoms with Gasteiger partial charge in [-0.15, -0.1) is 54.1 Å². The van der Waals surface area contributed by atoms with Crippen molar-refractivity contribution >= 4 is 33.0 Å². The molecule has 0 amide bonds. The second-order valence-corrected chi connectivity index (χ2v) is 15.7. The number of benzene rings is 6. The second kappa shape index (κ2) is 17.6. The van der Waals surface area contributed by atoms with E-state index in [1.807, 2.05) is 137 Å². The van der Waals surface area contributed by atoms with Crippen molar-refractivity contribution in [3.8, 4) is 39.5 Å². The third-order valence-corrected chi connectivity index (χ3v) is 10.6. The third-order valence-electron chi connectivity index (χ3n) is 10.6. The van der Waals surface area contributed by atoms with Crippen molar-refractivity contribution in [1.82, 2.24) is 14.5 Å². The van der Waals surface area contributed by atoms with Gasteiger partial charge in [0.15, 0.2) is 0 Å². The van der Waals surface area contributed by atoms with Crippen molar-refractivity contribution in [2.45, 2.75) is 65.9 Å². The molecule has 0 N–H and O–H groups in total. The number of pyridine rings is 1. The number of hydrogen-bond acceptors (Lipinski definition) is 3.